The standard InChI is InChI=1S/C14H19FN2O2/c1-9-3-6-13(19-9)14(18)17-12-7-10(8-16-2)4-5-11(12)15/h4-5,7,9,13,16H,3,6,8H2,1-2H3,(H,17,18). The highest BCUT2D eigenvalue weighted by atomic mass is 19.1. The third-order valence-corrected chi connectivity index (χ3v) is 3.19. The van der Waals surface area contributed by atoms with Gasteiger partial charge in [-0.25, -0.2) is 4.39 Å². The van der Waals surface area contributed by atoms with Gasteiger partial charge in [-0.05, 0) is 44.5 Å². The molecule has 1 fully saturated rings. The van der Waals surface area contributed by atoms with E-state index in [0.717, 1.165) is 12.0 Å². The Kier molecular flexibility index (Phi) is 4.50. The molecule has 2 atom stereocenters. The molecule has 104 valence electrons. The van der Waals surface area contributed by atoms with Crippen LogP contribution in [0.1, 0.15) is 25.3 Å². The van der Waals surface area contributed by atoms with E-state index >= 15 is 0 Å². The molecule has 2 rings (SSSR count). The number of carbonyl (C=O) groups is 1. The lowest BCUT2D eigenvalue weighted by Gasteiger charge is -2.13. The number of amides is 1. The van der Waals surface area contributed by atoms with Crippen molar-refractivity contribution in [2.45, 2.75) is 38.5 Å². The molecule has 19 heavy (non-hydrogen) atoms. The van der Waals surface area contributed by atoms with E-state index in [1.165, 1.54) is 6.07 Å². The second-order valence-corrected chi connectivity index (χ2v) is 4.85. The molecule has 1 saturated heterocycles. The summed E-state index contributed by atoms with van der Waals surface area (Å²) in [5, 5.41) is 5.59. The van der Waals surface area contributed by atoms with E-state index in [0.29, 0.717) is 13.0 Å². The fourth-order valence-corrected chi connectivity index (χ4v) is 2.19. The Bertz CT molecular complexity index is 465. The summed E-state index contributed by atoms with van der Waals surface area (Å²) in [6, 6.07) is 4.69. The van der Waals surface area contributed by atoms with Gasteiger partial charge in [-0.2, -0.15) is 0 Å². The first-order valence-corrected chi connectivity index (χ1v) is 6.49. The second-order valence-electron chi connectivity index (χ2n) is 4.85. The Balaban J connectivity index is 2.05. The third kappa shape index (κ3) is 3.52. The van der Waals surface area contributed by atoms with Crippen molar-refractivity contribution < 1.29 is 13.9 Å². The van der Waals surface area contributed by atoms with Gasteiger partial charge in [-0.3, -0.25) is 4.79 Å². The van der Waals surface area contributed by atoms with Crippen LogP contribution in [0.5, 0.6) is 0 Å². The Hall–Kier alpha value is -1.46. The molecule has 1 heterocycles. The first-order valence-electron chi connectivity index (χ1n) is 6.49. The molecule has 1 amide bonds. The van der Waals surface area contributed by atoms with Gasteiger partial charge in [0.15, 0.2) is 0 Å². The van der Waals surface area contributed by atoms with Crippen molar-refractivity contribution in [2.24, 2.45) is 0 Å². The van der Waals surface area contributed by atoms with Gasteiger partial charge >= 0.3 is 0 Å². The predicted molar refractivity (Wildman–Crippen MR) is 71.4 cm³/mol. The Labute approximate surface area is 112 Å². The minimum Gasteiger partial charge on any atom is -0.365 e. The van der Waals surface area contributed by atoms with Crippen molar-refractivity contribution >= 4 is 11.6 Å². The van der Waals surface area contributed by atoms with Crippen LogP contribution in [0.25, 0.3) is 0 Å². The van der Waals surface area contributed by atoms with E-state index in [9.17, 15) is 9.18 Å². The van der Waals surface area contributed by atoms with Gasteiger partial charge in [0.1, 0.15) is 11.9 Å². The minimum atomic E-state index is -0.470. The molecule has 2 unspecified atom stereocenters. The molecule has 5 heteroatoms. The van der Waals surface area contributed by atoms with Crippen LogP contribution in [0, 0.1) is 5.82 Å². The Morgan fingerprint density at radius 2 is 2.26 bits per heavy atom. The van der Waals surface area contributed by atoms with Crippen LogP contribution >= 0.6 is 0 Å². The zero-order valence-electron chi connectivity index (χ0n) is 11.2. The van der Waals surface area contributed by atoms with Crippen molar-refractivity contribution in [3.8, 4) is 0 Å². The lowest BCUT2D eigenvalue weighted by Crippen LogP contribution is -2.28. The maximum absolute atomic E-state index is 13.7. The average molecular weight is 266 g/mol. The topological polar surface area (TPSA) is 50.4 Å². The van der Waals surface area contributed by atoms with Gasteiger partial charge in [0.25, 0.3) is 5.91 Å². The summed E-state index contributed by atoms with van der Waals surface area (Å²) >= 11 is 0. The smallest absolute Gasteiger partial charge is 0.253 e. The third-order valence-electron chi connectivity index (χ3n) is 3.19. The monoisotopic (exact) mass is 266 g/mol. The highest BCUT2D eigenvalue weighted by Gasteiger charge is 2.28. The number of ether oxygens (including phenoxy) is 1. The van der Waals surface area contributed by atoms with Crippen molar-refractivity contribution in [2.75, 3.05) is 12.4 Å². The number of anilines is 1. The minimum absolute atomic E-state index is 0.0937. The molecule has 0 saturated carbocycles. The van der Waals surface area contributed by atoms with Crippen molar-refractivity contribution in [1.82, 2.24) is 5.32 Å². The maximum atomic E-state index is 13.7. The van der Waals surface area contributed by atoms with E-state index in [-0.39, 0.29) is 17.7 Å². The molecular formula is C14H19FN2O2. The van der Waals surface area contributed by atoms with Crippen LogP contribution < -0.4 is 10.6 Å². The van der Waals surface area contributed by atoms with E-state index in [4.69, 9.17) is 4.74 Å². The molecule has 1 aliphatic rings. The van der Waals surface area contributed by atoms with Crippen molar-refractivity contribution in [1.29, 1.82) is 0 Å². The second kappa shape index (κ2) is 6.12. The molecule has 4 nitrogen and oxygen atoms in total. The van der Waals surface area contributed by atoms with E-state index in [2.05, 4.69) is 10.6 Å². The quantitative estimate of drug-likeness (QED) is 0.877. The lowest BCUT2D eigenvalue weighted by atomic mass is 10.1. The van der Waals surface area contributed by atoms with Gasteiger partial charge in [0, 0.05) is 6.54 Å². The zero-order chi connectivity index (χ0) is 13.8. The summed E-state index contributed by atoms with van der Waals surface area (Å²) in [7, 11) is 1.81. The van der Waals surface area contributed by atoms with Gasteiger partial charge < -0.3 is 15.4 Å². The molecule has 0 radical (unpaired) electrons. The SMILES string of the molecule is CNCc1ccc(F)c(NC(=O)C2CCC(C)O2)c1. The maximum Gasteiger partial charge on any atom is 0.253 e. The van der Waals surface area contributed by atoms with E-state index < -0.39 is 11.9 Å². The number of benzene rings is 1. The largest absolute Gasteiger partial charge is 0.365 e. The van der Waals surface area contributed by atoms with Gasteiger partial charge in [-0.1, -0.05) is 6.07 Å². The number of halogens is 1. The first-order chi connectivity index (χ1) is 9.10. The van der Waals surface area contributed by atoms with Gasteiger partial charge in [0.05, 0.1) is 11.8 Å². The number of hydrogen-bond donors (Lipinski definition) is 2. The van der Waals surface area contributed by atoms with Gasteiger partial charge in [-0.15, -0.1) is 0 Å². The zero-order valence-corrected chi connectivity index (χ0v) is 11.2. The fourth-order valence-electron chi connectivity index (χ4n) is 2.19. The highest BCUT2D eigenvalue weighted by Crippen LogP contribution is 2.22. The summed E-state index contributed by atoms with van der Waals surface area (Å²) in [5.41, 5.74) is 1.13. The van der Waals surface area contributed by atoms with Crippen LogP contribution in [0.4, 0.5) is 10.1 Å². The molecule has 0 spiro atoms. The predicted octanol–water partition coefficient (Wildman–Crippen LogP) is 2.05. The molecule has 1 aromatic carbocycles. The molecule has 0 aromatic heterocycles. The highest BCUT2D eigenvalue weighted by molar-refractivity contribution is 5.94. The molecule has 1 aromatic rings. The molecule has 2 N–H and O–H groups in total. The fraction of sp³-hybridized carbons (Fsp3) is 0.500. The summed E-state index contributed by atoms with van der Waals surface area (Å²) in [6.07, 6.45) is 1.17. The lowest BCUT2D eigenvalue weighted by molar-refractivity contribution is -0.126. The molecule has 1 aliphatic heterocycles. The summed E-state index contributed by atoms with van der Waals surface area (Å²) < 4.78 is 19.1. The van der Waals surface area contributed by atoms with Crippen LogP contribution in [0.3, 0.4) is 0 Å². The first kappa shape index (κ1) is 14.0. The van der Waals surface area contributed by atoms with Crippen molar-refractivity contribution in [3.63, 3.8) is 0 Å². The Morgan fingerprint density at radius 1 is 1.47 bits per heavy atom. The van der Waals surface area contributed by atoms with Crippen LogP contribution in [-0.4, -0.2) is 25.2 Å². The van der Waals surface area contributed by atoms with Crippen LogP contribution in [0.15, 0.2) is 18.2 Å². The number of rotatable bonds is 4. The van der Waals surface area contributed by atoms with Crippen LogP contribution in [-0.2, 0) is 16.1 Å². The Morgan fingerprint density at radius 3 is 2.89 bits per heavy atom. The van der Waals surface area contributed by atoms with Gasteiger partial charge in [0.2, 0.25) is 0 Å². The van der Waals surface area contributed by atoms with E-state index in [1.807, 2.05) is 14.0 Å². The number of nitrogens with one attached hydrogen (secondary N) is 2. The van der Waals surface area contributed by atoms with Crippen molar-refractivity contribution in [3.05, 3.63) is 29.6 Å². The number of carbonyl (C=O) groups excluding carboxylic acids is 1. The normalized spacial score (nSPS) is 22.5. The molecular weight excluding hydrogens is 247 g/mol. The average Bonchev–Trinajstić information content (AvgIpc) is 2.80. The molecule has 0 aliphatic carbocycles. The number of hydrogen-bond acceptors (Lipinski definition) is 3. The summed E-state index contributed by atoms with van der Waals surface area (Å²) in [5.74, 6) is -0.705. The molecule has 0 bridgehead atoms. The summed E-state index contributed by atoms with van der Waals surface area (Å²) in [6.45, 7) is 2.56. The van der Waals surface area contributed by atoms with Crippen LogP contribution in [0.2, 0.25) is 0 Å². The summed E-state index contributed by atoms with van der Waals surface area (Å²) in [4.78, 5) is 12.0. The van der Waals surface area contributed by atoms with E-state index in [1.54, 1.807) is 12.1 Å².